The maximum atomic E-state index is 8.65. The summed E-state index contributed by atoms with van der Waals surface area (Å²) < 4.78 is 4.92. The van der Waals surface area contributed by atoms with Gasteiger partial charge in [0.1, 0.15) is 0 Å². The number of aliphatic hydroxyl groups is 1. The van der Waals surface area contributed by atoms with Crippen LogP contribution < -0.4 is 0 Å². The lowest BCUT2D eigenvalue weighted by Gasteiger charge is -2.03. The van der Waals surface area contributed by atoms with Crippen LogP contribution in [0.25, 0.3) is 0 Å². The van der Waals surface area contributed by atoms with E-state index in [0.717, 1.165) is 12.2 Å². The first kappa shape index (κ1) is 9.50. The fourth-order valence-electron chi connectivity index (χ4n) is 0.525. The molecule has 0 aliphatic rings. The largest absolute Gasteiger partial charge is 0.502 e. The number of methoxy groups -OCH3 is 1. The third kappa shape index (κ3) is 4.39. The zero-order valence-corrected chi connectivity index (χ0v) is 6.92. The zero-order valence-electron chi connectivity index (χ0n) is 6.92. The standard InChI is InChI=1S/C8H16O2/c1-7(6-9)4-5-8(2)10-3/h5,7,9H,4,6H2,1-3H3/b8-5+. The molecule has 0 radical (unpaired) electrons. The van der Waals surface area contributed by atoms with Crippen LogP contribution >= 0.6 is 0 Å². The van der Waals surface area contributed by atoms with E-state index in [1.807, 2.05) is 19.9 Å². The van der Waals surface area contributed by atoms with Crippen molar-refractivity contribution in [2.45, 2.75) is 20.3 Å². The molecule has 0 fully saturated rings. The van der Waals surface area contributed by atoms with Crippen molar-refractivity contribution >= 4 is 0 Å². The van der Waals surface area contributed by atoms with Gasteiger partial charge in [0, 0.05) is 6.61 Å². The van der Waals surface area contributed by atoms with Crippen LogP contribution in [0.3, 0.4) is 0 Å². The molecule has 0 aromatic heterocycles. The van der Waals surface area contributed by atoms with Gasteiger partial charge in [0.2, 0.25) is 0 Å². The lowest BCUT2D eigenvalue weighted by atomic mass is 10.1. The molecule has 0 saturated heterocycles. The molecule has 0 amide bonds. The monoisotopic (exact) mass is 144 g/mol. The van der Waals surface area contributed by atoms with Gasteiger partial charge in [-0.25, -0.2) is 0 Å². The summed E-state index contributed by atoms with van der Waals surface area (Å²) >= 11 is 0. The Morgan fingerprint density at radius 2 is 2.30 bits per heavy atom. The summed E-state index contributed by atoms with van der Waals surface area (Å²) in [5, 5.41) is 8.65. The average molecular weight is 144 g/mol. The second kappa shape index (κ2) is 5.30. The molecule has 0 bridgehead atoms. The van der Waals surface area contributed by atoms with Crippen molar-refractivity contribution in [3.63, 3.8) is 0 Å². The van der Waals surface area contributed by atoms with Crippen molar-refractivity contribution in [3.8, 4) is 0 Å². The molecular weight excluding hydrogens is 128 g/mol. The molecule has 2 nitrogen and oxygen atoms in total. The second-order valence-corrected chi connectivity index (χ2v) is 2.54. The first-order chi connectivity index (χ1) is 4.70. The molecule has 1 N–H and O–H groups in total. The SMILES string of the molecule is CO/C(C)=C/CC(C)CO. The van der Waals surface area contributed by atoms with E-state index in [9.17, 15) is 0 Å². The van der Waals surface area contributed by atoms with Crippen LogP contribution in [0.5, 0.6) is 0 Å². The minimum absolute atomic E-state index is 0.244. The molecule has 60 valence electrons. The molecule has 0 aromatic carbocycles. The highest BCUT2D eigenvalue weighted by Gasteiger charge is 1.96. The van der Waals surface area contributed by atoms with Gasteiger partial charge in [-0.3, -0.25) is 0 Å². The van der Waals surface area contributed by atoms with E-state index in [-0.39, 0.29) is 6.61 Å². The van der Waals surface area contributed by atoms with Gasteiger partial charge in [0.25, 0.3) is 0 Å². The van der Waals surface area contributed by atoms with Crippen LogP contribution in [0.2, 0.25) is 0 Å². The Bertz CT molecular complexity index is 108. The van der Waals surface area contributed by atoms with E-state index in [0.29, 0.717) is 5.92 Å². The van der Waals surface area contributed by atoms with Gasteiger partial charge in [-0.2, -0.15) is 0 Å². The Hall–Kier alpha value is -0.500. The highest BCUT2D eigenvalue weighted by Crippen LogP contribution is 2.04. The number of rotatable bonds is 4. The van der Waals surface area contributed by atoms with Gasteiger partial charge >= 0.3 is 0 Å². The lowest BCUT2D eigenvalue weighted by Crippen LogP contribution is -1.98. The summed E-state index contributed by atoms with van der Waals surface area (Å²) in [6.07, 6.45) is 2.87. The van der Waals surface area contributed by atoms with Gasteiger partial charge in [-0.05, 0) is 25.3 Å². The first-order valence-electron chi connectivity index (χ1n) is 3.52. The molecule has 0 spiro atoms. The van der Waals surface area contributed by atoms with Crippen LogP contribution in [0, 0.1) is 5.92 Å². The quantitative estimate of drug-likeness (QED) is 0.607. The van der Waals surface area contributed by atoms with Crippen molar-refractivity contribution in [2.24, 2.45) is 5.92 Å². The third-order valence-electron chi connectivity index (χ3n) is 1.44. The fourth-order valence-corrected chi connectivity index (χ4v) is 0.525. The van der Waals surface area contributed by atoms with Crippen LogP contribution in [0.1, 0.15) is 20.3 Å². The minimum atomic E-state index is 0.244. The van der Waals surface area contributed by atoms with Crippen molar-refractivity contribution < 1.29 is 9.84 Å². The van der Waals surface area contributed by atoms with Gasteiger partial charge in [0.15, 0.2) is 0 Å². The van der Waals surface area contributed by atoms with E-state index < -0.39 is 0 Å². The van der Waals surface area contributed by atoms with Gasteiger partial charge < -0.3 is 9.84 Å². The molecule has 0 aliphatic carbocycles. The highest BCUT2D eigenvalue weighted by atomic mass is 16.5. The molecule has 0 aromatic rings. The fraction of sp³-hybridized carbons (Fsp3) is 0.750. The second-order valence-electron chi connectivity index (χ2n) is 2.54. The predicted molar refractivity (Wildman–Crippen MR) is 41.6 cm³/mol. The van der Waals surface area contributed by atoms with Gasteiger partial charge in [0.05, 0.1) is 12.9 Å². The molecule has 0 rings (SSSR count). The minimum Gasteiger partial charge on any atom is -0.502 e. The Morgan fingerprint density at radius 1 is 1.70 bits per heavy atom. The van der Waals surface area contributed by atoms with Gasteiger partial charge in [-0.15, -0.1) is 0 Å². The normalized spacial score (nSPS) is 15.0. The van der Waals surface area contributed by atoms with Crippen LogP contribution in [-0.2, 0) is 4.74 Å². The van der Waals surface area contributed by atoms with E-state index in [1.165, 1.54) is 0 Å². The summed E-state index contributed by atoms with van der Waals surface area (Å²) in [7, 11) is 1.65. The Morgan fingerprint density at radius 3 is 2.70 bits per heavy atom. The van der Waals surface area contributed by atoms with Crippen molar-refractivity contribution in [3.05, 3.63) is 11.8 Å². The zero-order chi connectivity index (χ0) is 7.98. The number of ether oxygens (including phenoxy) is 1. The van der Waals surface area contributed by atoms with Crippen LogP contribution in [-0.4, -0.2) is 18.8 Å². The number of aliphatic hydroxyl groups excluding tert-OH is 1. The van der Waals surface area contributed by atoms with Crippen molar-refractivity contribution in [1.29, 1.82) is 0 Å². The molecule has 0 aliphatic heterocycles. The van der Waals surface area contributed by atoms with E-state index in [1.54, 1.807) is 7.11 Å². The molecule has 0 saturated carbocycles. The Balaban J connectivity index is 3.50. The van der Waals surface area contributed by atoms with Gasteiger partial charge in [-0.1, -0.05) is 6.92 Å². The number of hydrogen-bond donors (Lipinski definition) is 1. The van der Waals surface area contributed by atoms with Crippen molar-refractivity contribution in [2.75, 3.05) is 13.7 Å². The Labute approximate surface area is 62.5 Å². The summed E-state index contributed by atoms with van der Waals surface area (Å²) in [4.78, 5) is 0. The summed E-state index contributed by atoms with van der Waals surface area (Å²) in [5.74, 6) is 1.25. The average Bonchev–Trinajstić information content (AvgIpc) is 1.99. The van der Waals surface area contributed by atoms with E-state index in [4.69, 9.17) is 9.84 Å². The molecule has 1 atom stereocenters. The van der Waals surface area contributed by atoms with E-state index >= 15 is 0 Å². The highest BCUT2D eigenvalue weighted by molar-refractivity contribution is 4.88. The Kier molecular flexibility index (Phi) is 5.03. The molecule has 0 heterocycles. The smallest absolute Gasteiger partial charge is 0.0884 e. The molecule has 1 unspecified atom stereocenters. The molecule has 10 heavy (non-hydrogen) atoms. The van der Waals surface area contributed by atoms with E-state index in [2.05, 4.69) is 0 Å². The van der Waals surface area contributed by atoms with Crippen LogP contribution in [0.4, 0.5) is 0 Å². The van der Waals surface area contributed by atoms with Crippen LogP contribution in [0.15, 0.2) is 11.8 Å². The maximum Gasteiger partial charge on any atom is 0.0884 e. The number of hydrogen-bond acceptors (Lipinski definition) is 2. The van der Waals surface area contributed by atoms with Crippen molar-refractivity contribution in [1.82, 2.24) is 0 Å². The number of allylic oxidation sites excluding steroid dienone is 2. The summed E-state index contributed by atoms with van der Waals surface area (Å²) in [6.45, 7) is 4.15. The molecular formula is C8H16O2. The predicted octanol–water partition coefficient (Wildman–Crippen LogP) is 1.56. The summed E-state index contributed by atoms with van der Waals surface area (Å²) in [6, 6.07) is 0. The third-order valence-corrected chi connectivity index (χ3v) is 1.44. The molecule has 2 heteroatoms. The first-order valence-corrected chi connectivity index (χ1v) is 3.52. The topological polar surface area (TPSA) is 29.5 Å². The summed E-state index contributed by atoms with van der Waals surface area (Å²) in [5.41, 5.74) is 0. The lowest BCUT2D eigenvalue weighted by molar-refractivity contribution is 0.236. The maximum absolute atomic E-state index is 8.65.